The van der Waals surface area contributed by atoms with E-state index in [0.29, 0.717) is 5.03 Å². The Hall–Kier alpha value is -0.680. The quantitative estimate of drug-likeness (QED) is 0.766. The zero-order valence-electron chi connectivity index (χ0n) is 8.80. The van der Waals surface area contributed by atoms with Gasteiger partial charge in [0.1, 0.15) is 11.0 Å². The van der Waals surface area contributed by atoms with Gasteiger partial charge >= 0.3 is 0 Å². The highest BCUT2D eigenvalue weighted by atomic mass is 32.2. The second-order valence-corrected chi connectivity index (χ2v) is 5.79. The van der Waals surface area contributed by atoms with Gasteiger partial charge in [0, 0.05) is 25.8 Å². The van der Waals surface area contributed by atoms with E-state index in [2.05, 4.69) is 9.40 Å². The Balaban J connectivity index is 1.73. The predicted octanol–water partition coefficient (Wildman–Crippen LogP) is 0.877. The first-order valence-corrected chi connectivity index (χ1v) is 6.59. The number of aryl methyl sites for hydroxylation is 1. The minimum absolute atomic E-state index is 0.707. The van der Waals surface area contributed by atoms with Crippen molar-refractivity contribution in [3.63, 3.8) is 0 Å². The van der Waals surface area contributed by atoms with E-state index in [1.165, 1.54) is 6.42 Å². The summed E-state index contributed by atoms with van der Waals surface area (Å²) in [4.78, 5) is 0. The fourth-order valence-corrected chi connectivity index (χ4v) is 3.51. The van der Waals surface area contributed by atoms with Crippen molar-refractivity contribution < 1.29 is 4.21 Å². The lowest BCUT2D eigenvalue weighted by atomic mass is 10.4. The van der Waals surface area contributed by atoms with Gasteiger partial charge < -0.3 is 0 Å². The molecule has 3 unspecified atom stereocenters. The van der Waals surface area contributed by atoms with Gasteiger partial charge in [-0.15, -0.1) is 0 Å². The lowest BCUT2D eigenvalue weighted by Crippen LogP contribution is -2.25. The molecule has 0 amide bonds. The molecule has 5 heteroatoms. The van der Waals surface area contributed by atoms with Crippen molar-refractivity contribution in [2.75, 3.05) is 13.1 Å². The van der Waals surface area contributed by atoms with Gasteiger partial charge in [-0.1, -0.05) is 0 Å². The molecule has 1 aliphatic heterocycles. The third kappa shape index (κ3) is 1.63. The van der Waals surface area contributed by atoms with Gasteiger partial charge in [-0.2, -0.15) is 5.10 Å². The van der Waals surface area contributed by atoms with Crippen molar-refractivity contribution in [3.05, 3.63) is 12.3 Å². The van der Waals surface area contributed by atoms with Gasteiger partial charge in [0.25, 0.3) is 0 Å². The third-order valence-electron chi connectivity index (χ3n) is 3.30. The number of nitrogens with zero attached hydrogens (tertiary/aromatic N) is 3. The molecule has 3 rings (SSSR count). The topological polar surface area (TPSA) is 38.1 Å². The van der Waals surface area contributed by atoms with Crippen LogP contribution in [0.5, 0.6) is 0 Å². The van der Waals surface area contributed by atoms with Crippen molar-refractivity contribution >= 4 is 11.0 Å². The summed E-state index contributed by atoms with van der Waals surface area (Å²) < 4.78 is 16.0. The van der Waals surface area contributed by atoms with Crippen molar-refractivity contribution in [1.29, 1.82) is 0 Å². The minimum Gasteiger partial charge on any atom is -0.272 e. The van der Waals surface area contributed by atoms with Crippen LogP contribution in [0.1, 0.15) is 13.3 Å². The second kappa shape index (κ2) is 3.42. The molecule has 0 aromatic carbocycles. The molecule has 1 aromatic heterocycles. The van der Waals surface area contributed by atoms with Crippen molar-refractivity contribution in [2.24, 2.45) is 11.8 Å². The van der Waals surface area contributed by atoms with Crippen LogP contribution in [0.2, 0.25) is 0 Å². The number of aromatic nitrogens is 2. The van der Waals surface area contributed by atoms with Crippen LogP contribution in [0.3, 0.4) is 0 Å². The molecule has 15 heavy (non-hydrogen) atoms. The largest absolute Gasteiger partial charge is 0.272 e. The van der Waals surface area contributed by atoms with Gasteiger partial charge in [-0.3, -0.25) is 4.68 Å². The maximum absolute atomic E-state index is 12.1. The highest BCUT2D eigenvalue weighted by Gasteiger charge is 2.47. The van der Waals surface area contributed by atoms with Crippen molar-refractivity contribution in [2.45, 2.75) is 24.9 Å². The molecule has 4 nitrogen and oxygen atoms in total. The summed E-state index contributed by atoms with van der Waals surface area (Å²) in [5.74, 6) is 1.64. The van der Waals surface area contributed by atoms with Crippen LogP contribution in [0.15, 0.2) is 17.3 Å². The number of hydrogen-bond acceptors (Lipinski definition) is 2. The molecule has 3 atom stereocenters. The molecular formula is C10H15N3OS. The van der Waals surface area contributed by atoms with Crippen LogP contribution in [0.25, 0.3) is 0 Å². The summed E-state index contributed by atoms with van der Waals surface area (Å²) in [6.07, 6.45) is 3.24. The summed E-state index contributed by atoms with van der Waals surface area (Å²) in [5.41, 5.74) is 0. The molecule has 82 valence electrons. The SMILES string of the molecule is CCn1ccc(S(=O)N2CC3CC3C2)n1. The number of fused-ring (bicyclic) bond motifs is 1. The number of hydrogen-bond donors (Lipinski definition) is 0. The Morgan fingerprint density at radius 3 is 2.87 bits per heavy atom. The summed E-state index contributed by atoms with van der Waals surface area (Å²) in [5, 5.41) is 4.99. The fraction of sp³-hybridized carbons (Fsp3) is 0.700. The van der Waals surface area contributed by atoms with Crippen LogP contribution in [0.4, 0.5) is 0 Å². The first kappa shape index (κ1) is 9.54. The van der Waals surface area contributed by atoms with E-state index >= 15 is 0 Å². The smallest absolute Gasteiger partial charge is 0.164 e. The molecule has 0 N–H and O–H groups in total. The zero-order chi connectivity index (χ0) is 10.4. The van der Waals surface area contributed by atoms with Gasteiger partial charge in [-0.25, -0.2) is 8.51 Å². The summed E-state index contributed by atoms with van der Waals surface area (Å²) in [6.45, 7) is 4.86. The standard InChI is InChI=1S/C10H15N3OS/c1-2-12-4-3-10(11-12)15(14)13-6-8-5-9(8)7-13/h3-4,8-9H,2,5-7H2,1H3. The highest BCUT2D eigenvalue weighted by molar-refractivity contribution is 7.82. The van der Waals surface area contributed by atoms with Crippen LogP contribution < -0.4 is 0 Å². The average molecular weight is 225 g/mol. The lowest BCUT2D eigenvalue weighted by molar-refractivity contribution is 0.481. The van der Waals surface area contributed by atoms with E-state index in [0.717, 1.165) is 31.5 Å². The molecule has 1 aromatic rings. The summed E-state index contributed by atoms with van der Waals surface area (Å²) >= 11 is 0. The number of rotatable bonds is 3. The molecule has 0 bridgehead atoms. The molecular weight excluding hydrogens is 210 g/mol. The van der Waals surface area contributed by atoms with Crippen LogP contribution in [-0.4, -0.2) is 31.4 Å². The lowest BCUT2D eigenvalue weighted by Gasteiger charge is -2.13. The van der Waals surface area contributed by atoms with Crippen LogP contribution in [-0.2, 0) is 17.5 Å². The van der Waals surface area contributed by atoms with E-state index < -0.39 is 11.0 Å². The summed E-state index contributed by atoms with van der Waals surface area (Å²) in [6, 6.07) is 1.86. The monoisotopic (exact) mass is 225 g/mol. The van der Waals surface area contributed by atoms with E-state index in [1.807, 2.05) is 23.9 Å². The fourth-order valence-electron chi connectivity index (χ4n) is 2.24. The second-order valence-electron chi connectivity index (χ2n) is 4.36. The molecule has 0 spiro atoms. The first-order chi connectivity index (χ1) is 7.28. The van der Waals surface area contributed by atoms with Crippen LogP contribution >= 0.6 is 0 Å². The molecule has 1 aliphatic carbocycles. The normalized spacial score (nSPS) is 31.5. The molecule has 2 aliphatic rings. The van der Waals surface area contributed by atoms with Crippen molar-refractivity contribution in [3.8, 4) is 0 Å². The molecule has 2 heterocycles. The Kier molecular flexibility index (Phi) is 2.17. The Morgan fingerprint density at radius 1 is 1.53 bits per heavy atom. The number of piperidine rings is 1. The van der Waals surface area contributed by atoms with Gasteiger partial charge in [0.15, 0.2) is 5.03 Å². The van der Waals surface area contributed by atoms with Gasteiger partial charge in [0.2, 0.25) is 0 Å². The molecule has 0 radical (unpaired) electrons. The Morgan fingerprint density at radius 2 is 2.27 bits per heavy atom. The zero-order valence-corrected chi connectivity index (χ0v) is 9.61. The predicted molar refractivity (Wildman–Crippen MR) is 57.5 cm³/mol. The van der Waals surface area contributed by atoms with E-state index in [4.69, 9.17) is 0 Å². The minimum atomic E-state index is -1.03. The first-order valence-electron chi connectivity index (χ1n) is 5.48. The van der Waals surface area contributed by atoms with Gasteiger partial charge in [-0.05, 0) is 31.2 Å². The molecule has 1 saturated carbocycles. The maximum atomic E-state index is 12.1. The summed E-state index contributed by atoms with van der Waals surface area (Å²) in [7, 11) is -1.03. The molecule has 1 saturated heterocycles. The Labute approximate surface area is 91.9 Å². The average Bonchev–Trinajstić information content (AvgIpc) is 2.73. The third-order valence-corrected chi connectivity index (χ3v) is 4.64. The van der Waals surface area contributed by atoms with Crippen molar-refractivity contribution in [1.82, 2.24) is 14.1 Å². The maximum Gasteiger partial charge on any atom is 0.164 e. The highest BCUT2D eigenvalue weighted by Crippen LogP contribution is 2.45. The van der Waals surface area contributed by atoms with E-state index in [9.17, 15) is 4.21 Å². The van der Waals surface area contributed by atoms with Gasteiger partial charge in [0.05, 0.1) is 0 Å². The van der Waals surface area contributed by atoms with Crippen LogP contribution in [0, 0.1) is 11.8 Å². The Bertz CT molecular complexity index is 393. The molecule has 2 fully saturated rings. The van der Waals surface area contributed by atoms with E-state index in [-0.39, 0.29) is 0 Å². The van der Waals surface area contributed by atoms with E-state index in [1.54, 1.807) is 0 Å².